The van der Waals surface area contributed by atoms with Crippen molar-refractivity contribution in [2.75, 3.05) is 0 Å². The molecular weight excluding hydrogens is 499 g/mol. The quantitative estimate of drug-likeness (QED) is 0.437. The zero-order valence-corrected chi connectivity index (χ0v) is 12.9. The van der Waals surface area contributed by atoms with Gasteiger partial charge >= 0.3 is 57.1 Å². The lowest BCUT2D eigenvalue weighted by Crippen LogP contribution is -2.83. The van der Waals surface area contributed by atoms with E-state index in [2.05, 4.69) is 0 Å². The molecule has 0 aliphatic rings. The molecule has 0 heterocycles. The van der Waals surface area contributed by atoms with Crippen LogP contribution in [0, 0.1) is 5.41 Å². The molecule has 0 aromatic heterocycles. The first-order valence-electron chi connectivity index (χ1n) is 5.68. The van der Waals surface area contributed by atoms with Gasteiger partial charge in [0.1, 0.15) is 0 Å². The molecule has 0 saturated carbocycles. The minimum Gasteiger partial charge on any atom is -0.283 e. The second kappa shape index (κ2) is 6.36. The van der Waals surface area contributed by atoms with Gasteiger partial charge in [-0.1, -0.05) is 0 Å². The van der Waals surface area contributed by atoms with Crippen LogP contribution in [0.15, 0.2) is 0 Å². The fraction of sp³-hybridized carbons (Fsp3) is 1.00. The van der Waals surface area contributed by atoms with E-state index in [1.165, 1.54) is 0 Å². The van der Waals surface area contributed by atoms with Crippen LogP contribution in [0.3, 0.4) is 0 Å². The van der Waals surface area contributed by atoms with Crippen molar-refractivity contribution in [3.05, 3.63) is 0 Å². The van der Waals surface area contributed by atoms with Crippen molar-refractivity contribution < 1.29 is 87.6 Å². The van der Waals surface area contributed by atoms with Crippen LogP contribution >= 0.6 is 0 Å². The molecule has 0 fully saturated rings. The molecule has 0 saturated heterocycles. The summed E-state index contributed by atoms with van der Waals surface area (Å²) in [6.07, 6.45) is -43.5. The molecule has 0 aliphatic heterocycles. The minimum atomic E-state index is -9.27. The third-order valence-corrected chi connectivity index (χ3v) is 4.64. The van der Waals surface area contributed by atoms with Crippen molar-refractivity contribution in [2.45, 2.75) is 41.6 Å². The average molecular weight is 500 g/mol. The van der Waals surface area contributed by atoms with Gasteiger partial charge in [0, 0.05) is 0 Å². The monoisotopic (exact) mass is 500 g/mol. The maximum absolute atomic E-state index is 14.3. The first-order valence-corrected chi connectivity index (χ1v) is 7.12. The lowest BCUT2D eigenvalue weighted by Gasteiger charge is -2.50. The Kier molecular flexibility index (Phi) is 6.08. The van der Waals surface area contributed by atoms with Gasteiger partial charge in [0.2, 0.25) is 0 Å². The van der Waals surface area contributed by atoms with Gasteiger partial charge in [0.15, 0.2) is 0 Å². The lowest BCUT2D eigenvalue weighted by molar-refractivity contribution is -0.481. The fourth-order valence-corrected chi connectivity index (χ4v) is 3.50. The maximum atomic E-state index is 14.3. The molecule has 0 rings (SSSR count). The van der Waals surface area contributed by atoms with Gasteiger partial charge in [-0.15, -0.1) is 0 Å². The second-order valence-electron chi connectivity index (χ2n) is 4.97. The van der Waals surface area contributed by atoms with Crippen molar-refractivity contribution in [3.8, 4) is 0 Å². The first kappa shape index (κ1) is 27.7. The molecule has 0 spiro atoms. The molecule has 21 heteroatoms. The Morgan fingerprint density at radius 1 is 0.448 bits per heavy atom. The summed E-state index contributed by atoms with van der Waals surface area (Å²) < 4.78 is 247. The van der Waals surface area contributed by atoms with Crippen LogP contribution in [-0.2, 0) is 10.1 Å². The Bertz CT molecular complexity index is 668. The average Bonchev–Trinajstić information content (AvgIpc) is 2.27. The Hall–Kier alpha value is -1.28. The van der Waals surface area contributed by atoms with Gasteiger partial charge in [-0.2, -0.15) is 74.3 Å². The van der Waals surface area contributed by atoms with E-state index >= 15 is 0 Å². The van der Waals surface area contributed by atoms with Crippen molar-refractivity contribution in [1.29, 1.82) is 0 Å². The van der Waals surface area contributed by atoms with Crippen LogP contribution in [0.25, 0.3) is 0 Å². The van der Waals surface area contributed by atoms with E-state index in [0.717, 1.165) is 0 Å². The summed E-state index contributed by atoms with van der Waals surface area (Å²) in [5, 5.41) is -9.24. The number of hydrogen-bond donors (Lipinski definition) is 1. The standard InChI is InChI=1S/C8HF17O3S/c9-2(7(20,21)22,8(23,24)25)3(10,29(26,27)28)1(4(11,12)13,5(14,15)16)6(17,18)19/h(H,26,27,28). The van der Waals surface area contributed by atoms with E-state index in [1.807, 2.05) is 0 Å². The predicted molar refractivity (Wildman–Crippen MR) is 51.9 cm³/mol. The molecule has 1 atom stereocenters. The highest BCUT2D eigenvalue weighted by Gasteiger charge is 3.04. The third kappa shape index (κ3) is 3.26. The Balaban J connectivity index is 8.47. The van der Waals surface area contributed by atoms with Crippen molar-refractivity contribution in [1.82, 2.24) is 0 Å². The summed E-state index contributed by atoms with van der Waals surface area (Å²) in [5.74, 6) is 0. The van der Waals surface area contributed by atoms with Crippen molar-refractivity contribution in [2.24, 2.45) is 5.41 Å². The summed E-state index contributed by atoms with van der Waals surface area (Å²) >= 11 is 0. The van der Waals surface area contributed by atoms with Gasteiger partial charge in [-0.05, 0) is 0 Å². The third-order valence-electron chi connectivity index (χ3n) is 3.34. The SMILES string of the molecule is O=S(=O)(O)C(F)(C(F)(C(F)(F)F)C(F)(F)F)C(C(F)(F)F)(C(F)(F)F)C(F)(F)F. The highest BCUT2D eigenvalue weighted by molar-refractivity contribution is 7.87. The number of rotatable bonds is 3. The number of hydrogen-bond acceptors (Lipinski definition) is 2. The van der Waals surface area contributed by atoms with Gasteiger partial charge in [0.25, 0.3) is 0 Å². The molecule has 29 heavy (non-hydrogen) atoms. The Labute approximate surface area is 146 Å². The highest BCUT2D eigenvalue weighted by atomic mass is 32.2. The normalized spacial score (nSPS) is 18.6. The summed E-state index contributed by atoms with van der Waals surface area (Å²) in [6, 6.07) is 0. The first-order chi connectivity index (χ1) is 12.0. The molecule has 0 radical (unpaired) electrons. The van der Waals surface area contributed by atoms with Crippen LogP contribution in [0.4, 0.5) is 74.6 Å². The van der Waals surface area contributed by atoms with Crippen molar-refractivity contribution >= 4 is 10.1 Å². The predicted octanol–water partition coefficient (Wildman–Crippen LogP) is 5.05. The van der Waals surface area contributed by atoms with Gasteiger partial charge < -0.3 is 0 Å². The van der Waals surface area contributed by atoms with E-state index in [9.17, 15) is 83.1 Å². The van der Waals surface area contributed by atoms with Gasteiger partial charge in [0.05, 0.1) is 0 Å². The molecule has 0 aliphatic carbocycles. The summed E-state index contributed by atoms with van der Waals surface area (Å²) in [6.45, 7) is 0. The maximum Gasteiger partial charge on any atom is 0.436 e. The van der Waals surface area contributed by atoms with Crippen molar-refractivity contribution in [3.63, 3.8) is 0 Å². The van der Waals surface area contributed by atoms with E-state index in [4.69, 9.17) is 4.55 Å². The van der Waals surface area contributed by atoms with Crippen LogP contribution in [0.5, 0.6) is 0 Å². The van der Waals surface area contributed by atoms with Crippen LogP contribution in [0.1, 0.15) is 0 Å². The Morgan fingerprint density at radius 2 is 0.655 bits per heavy atom. The second-order valence-corrected chi connectivity index (χ2v) is 6.48. The van der Waals surface area contributed by atoms with E-state index in [0.29, 0.717) is 0 Å². The molecule has 1 unspecified atom stereocenters. The van der Waals surface area contributed by atoms with Crippen LogP contribution in [-0.4, -0.2) is 54.5 Å². The van der Waals surface area contributed by atoms with Gasteiger partial charge in [-0.25, -0.2) is 8.78 Å². The highest BCUT2D eigenvalue weighted by Crippen LogP contribution is 2.73. The number of halogens is 17. The van der Waals surface area contributed by atoms with E-state index < -0.39 is 57.1 Å². The zero-order chi connectivity index (χ0) is 24.5. The molecule has 3 nitrogen and oxygen atoms in total. The molecule has 1 N–H and O–H groups in total. The summed E-state index contributed by atoms with van der Waals surface area (Å²) in [5.41, 5.74) is -18.4. The fourth-order valence-electron chi connectivity index (χ4n) is 2.18. The number of alkyl halides is 17. The molecule has 0 amide bonds. The smallest absolute Gasteiger partial charge is 0.283 e. The molecule has 176 valence electrons. The molecule has 0 aromatic rings. The van der Waals surface area contributed by atoms with Crippen LogP contribution in [0.2, 0.25) is 0 Å². The van der Waals surface area contributed by atoms with E-state index in [1.54, 1.807) is 0 Å². The topological polar surface area (TPSA) is 54.4 Å². The Morgan fingerprint density at radius 3 is 0.759 bits per heavy atom. The molecular formula is C8HF17O3S. The molecule has 0 aromatic carbocycles. The molecule has 0 bridgehead atoms. The van der Waals surface area contributed by atoms with Crippen LogP contribution < -0.4 is 0 Å². The largest absolute Gasteiger partial charge is 0.436 e. The van der Waals surface area contributed by atoms with Gasteiger partial charge in [-0.3, -0.25) is 4.55 Å². The zero-order valence-electron chi connectivity index (χ0n) is 12.1. The minimum absolute atomic E-state index is 8.08. The summed E-state index contributed by atoms with van der Waals surface area (Å²) in [4.78, 5) is 0. The summed E-state index contributed by atoms with van der Waals surface area (Å²) in [7, 11) is -9.14. The van der Waals surface area contributed by atoms with E-state index in [-0.39, 0.29) is 0 Å². The lowest BCUT2D eigenvalue weighted by atomic mass is 9.72.